The Morgan fingerprint density at radius 1 is 1.14 bits per heavy atom. The number of nitrogens with one attached hydrogen (secondary N) is 1. The molecule has 3 aromatic rings. The molecule has 3 rings (SSSR count). The first-order valence-corrected chi connectivity index (χ1v) is 9.77. The zero-order valence-corrected chi connectivity index (χ0v) is 17.2. The zero-order chi connectivity index (χ0) is 21.0. The molecule has 0 fully saturated rings. The first-order chi connectivity index (χ1) is 13.9. The molecule has 1 aromatic carbocycles. The second-order valence-corrected chi connectivity index (χ2v) is 7.09. The van der Waals surface area contributed by atoms with Crippen molar-refractivity contribution >= 4 is 11.8 Å². The normalized spacial score (nSPS) is 13.1. The van der Waals surface area contributed by atoms with E-state index in [9.17, 15) is 9.59 Å². The molecule has 0 saturated heterocycles. The molecule has 2 aromatic heterocycles. The highest BCUT2D eigenvalue weighted by molar-refractivity contribution is 6.03. The van der Waals surface area contributed by atoms with Crippen LogP contribution < -0.4 is 5.32 Å². The number of rotatable bonds is 8. The highest BCUT2D eigenvalue weighted by atomic mass is 16.5. The molecule has 0 saturated carbocycles. The molecule has 29 heavy (non-hydrogen) atoms. The number of quaternary nitrogens is 1. The number of Topliss-reactive ketones (excluding diaryl/α,β-unsaturated/α-hetero) is 1. The minimum atomic E-state index is -0.410. The molecule has 0 radical (unpaired) electrons. The summed E-state index contributed by atoms with van der Waals surface area (Å²) in [4.78, 5) is 28.5. The van der Waals surface area contributed by atoms with Gasteiger partial charge >= 0.3 is 5.97 Å². The minimum Gasteiger partial charge on any atom is -0.463 e. The van der Waals surface area contributed by atoms with E-state index in [4.69, 9.17) is 9.15 Å². The van der Waals surface area contributed by atoms with Crippen LogP contribution in [0.3, 0.4) is 0 Å². The highest BCUT2D eigenvalue weighted by Crippen LogP contribution is 2.22. The summed E-state index contributed by atoms with van der Waals surface area (Å²) in [6, 6.07) is 13.1. The number of ether oxygens (including phenoxy) is 1. The molecule has 0 aliphatic carbocycles. The average molecular weight is 395 g/mol. The number of carbonyl (C=O) groups excluding carboxylic acids is 2. The fourth-order valence-electron chi connectivity index (χ4n) is 3.61. The monoisotopic (exact) mass is 395 g/mol. The molecule has 6 nitrogen and oxygen atoms in total. The number of nitrogens with two attached hydrogens (primary N) is 1. The van der Waals surface area contributed by atoms with Crippen molar-refractivity contribution in [2.75, 3.05) is 6.61 Å². The SMILES string of the molecule is CCOC(=O)c1c(C)[nH]c(C(=O)[C@@H](C)[NH2+][C@H](c2ccccc2)c2ccco2)c1C. The molecule has 3 N–H and O–H groups in total. The first-order valence-electron chi connectivity index (χ1n) is 9.77. The Bertz CT molecular complexity index is 974. The molecule has 6 heteroatoms. The molecular formula is C23H27N2O4+. The lowest BCUT2D eigenvalue weighted by atomic mass is 10.0. The number of hydrogen-bond acceptors (Lipinski definition) is 4. The third-order valence-electron chi connectivity index (χ3n) is 5.07. The van der Waals surface area contributed by atoms with Gasteiger partial charge in [0.25, 0.3) is 0 Å². The van der Waals surface area contributed by atoms with Gasteiger partial charge in [-0.2, -0.15) is 0 Å². The van der Waals surface area contributed by atoms with Crippen molar-refractivity contribution in [2.45, 2.75) is 39.8 Å². The quantitative estimate of drug-likeness (QED) is 0.452. The van der Waals surface area contributed by atoms with Crippen molar-refractivity contribution in [2.24, 2.45) is 0 Å². The highest BCUT2D eigenvalue weighted by Gasteiger charge is 2.31. The van der Waals surface area contributed by atoms with Crippen LogP contribution >= 0.6 is 0 Å². The van der Waals surface area contributed by atoms with Gasteiger partial charge in [0.15, 0.2) is 11.8 Å². The maximum Gasteiger partial charge on any atom is 0.340 e. The first kappa shape index (κ1) is 20.6. The van der Waals surface area contributed by atoms with E-state index in [1.807, 2.05) is 54.7 Å². The molecule has 0 bridgehead atoms. The van der Waals surface area contributed by atoms with Gasteiger partial charge in [0.1, 0.15) is 6.04 Å². The molecule has 0 amide bonds. The fourth-order valence-corrected chi connectivity index (χ4v) is 3.61. The van der Waals surface area contributed by atoms with E-state index < -0.39 is 12.0 Å². The Labute approximate surface area is 170 Å². The van der Waals surface area contributed by atoms with Crippen LogP contribution in [0.25, 0.3) is 0 Å². The van der Waals surface area contributed by atoms with E-state index in [2.05, 4.69) is 4.98 Å². The standard InChI is InChI=1S/C23H26N2O4/c1-5-28-23(27)19-14(2)20(24-15(19)3)22(26)16(4)25-21(18-12-9-13-29-18)17-10-7-6-8-11-17/h6-13,16,21,24-25H,5H2,1-4H3/p+1/t16-,21-/m1/s1. The van der Waals surface area contributed by atoms with E-state index in [-0.39, 0.29) is 18.4 Å². The van der Waals surface area contributed by atoms with Crippen LogP contribution in [0.1, 0.15) is 63.3 Å². The predicted molar refractivity (Wildman–Crippen MR) is 109 cm³/mol. The van der Waals surface area contributed by atoms with Gasteiger partial charge in [-0.05, 0) is 45.4 Å². The van der Waals surface area contributed by atoms with Crippen molar-refractivity contribution in [3.8, 4) is 0 Å². The van der Waals surface area contributed by atoms with Crippen LogP contribution in [0, 0.1) is 13.8 Å². The van der Waals surface area contributed by atoms with Crippen LogP contribution in [0.15, 0.2) is 53.1 Å². The van der Waals surface area contributed by atoms with E-state index >= 15 is 0 Å². The maximum absolute atomic E-state index is 13.2. The van der Waals surface area contributed by atoms with E-state index in [1.165, 1.54) is 0 Å². The van der Waals surface area contributed by atoms with Gasteiger partial charge in [-0.1, -0.05) is 30.3 Å². The van der Waals surface area contributed by atoms with Crippen LogP contribution in [0.4, 0.5) is 0 Å². The van der Waals surface area contributed by atoms with E-state index in [1.54, 1.807) is 27.0 Å². The topological polar surface area (TPSA) is 88.9 Å². The van der Waals surface area contributed by atoms with Crippen LogP contribution in [-0.2, 0) is 4.74 Å². The Kier molecular flexibility index (Phi) is 6.34. The second-order valence-electron chi connectivity index (χ2n) is 7.09. The maximum atomic E-state index is 13.2. The summed E-state index contributed by atoms with van der Waals surface area (Å²) in [7, 11) is 0. The summed E-state index contributed by atoms with van der Waals surface area (Å²) in [5, 5.41) is 1.98. The number of aromatic amines is 1. The zero-order valence-electron chi connectivity index (χ0n) is 17.2. The molecular weight excluding hydrogens is 368 g/mol. The third-order valence-corrected chi connectivity index (χ3v) is 5.07. The van der Waals surface area contributed by atoms with Crippen molar-refractivity contribution in [1.29, 1.82) is 0 Å². The number of aromatic nitrogens is 1. The van der Waals surface area contributed by atoms with Crippen molar-refractivity contribution in [1.82, 2.24) is 4.98 Å². The Hall–Kier alpha value is -3.12. The number of furan rings is 1. The lowest BCUT2D eigenvalue weighted by Crippen LogP contribution is -2.92. The molecule has 152 valence electrons. The molecule has 2 heterocycles. The summed E-state index contributed by atoms with van der Waals surface area (Å²) in [6.07, 6.45) is 1.63. The molecule has 2 atom stereocenters. The number of ketones is 1. The Balaban J connectivity index is 1.86. The average Bonchev–Trinajstić information content (AvgIpc) is 3.34. The van der Waals surface area contributed by atoms with Gasteiger partial charge in [0, 0.05) is 11.3 Å². The summed E-state index contributed by atoms with van der Waals surface area (Å²) in [6.45, 7) is 7.47. The number of carbonyl (C=O) groups is 2. The lowest BCUT2D eigenvalue weighted by molar-refractivity contribution is -0.705. The number of hydrogen-bond donors (Lipinski definition) is 2. The predicted octanol–water partition coefficient (Wildman–Crippen LogP) is 3.33. The van der Waals surface area contributed by atoms with Crippen LogP contribution in [0.2, 0.25) is 0 Å². The second kappa shape index (κ2) is 8.92. The van der Waals surface area contributed by atoms with Gasteiger partial charge in [0.05, 0.1) is 24.1 Å². The fraction of sp³-hybridized carbons (Fsp3) is 0.304. The Morgan fingerprint density at radius 3 is 2.48 bits per heavy atom. The van der Waals surface area contributed by atoms with Gasteiger partial charge < -0.3 is 19.5 Å². The van der Waals surface area contributed by atoms with Crippen molar-refractivity contribution < 1.29 is 24.1 Å². The van der Waals surface area contributed by atoms with Gasteiger partial charge in [-0.15, -0.1) is 0 Å². The van der Waals surface area contributed by atoms with Crippen molar-refractivity contribution in [3.63, 3.8) is 0 Å². The van der Waals surface area contributed by atoms with Crippen molar-refractivity contribution in [3.05, 3.63) is 82.6 Å². The van der Waals surface area contributed by atoms with E-state index in [0.717, 1.165) is 11.3 Å². The molecule has 0 unspecified atom stereocenters. The van der Waals surface area contributed by atoms with Crippen LogP contribution in [0.5, 0.6) is 0 Å². The summed E-state index contributed by atoms with van der Waals surface area (Å²) in [5.74, 6) is 0.295. The minimum absolute atomic E-state index is 0.0753. The molecule has 0 spiro atoms. The Morgan fingerprint density at radius 2 is 1.86 bits per heavy atom. The number of esters is 1. The van der Waals surface area contributed by atoms with Gasteiger partial charge in [-0.3, -0.25) is 4.79 Å². The number of benzene rings is 1. The number of H-pyrrole nitrogens is 1. The van der Waals surface area contributed by atoms with Crippen LogP contribution in [-0.4, -0.2) is 29.4 Å². The molecule has 0 aliphatic rings. The van der Waals surface area contributed by atoms with Gasteiger partial charge in [-0.25, -0.2) is 4.79 Å². The summed E-state index contributed by atoms with van der Waals surface area (Å²) >= 11 is 0. The largest absolute Gasteiger partial charge is 0.463 e. The summed E-state index contributed by atoms with van der Waals surface area (Å²) in [5.41, 5.74) is 3.20. The third kappa shape index (κ3) is 4.32. The lowest BCUT2D eigenvalue weighted by Gasteiger charge is -2.18. The number of aryl methyl sites for hydroxylation is 1. The smallest absolute Gasteiger partial charge is 0.340 e. The van der Waals surface area contributed by atoms with Gasteiger partial charge in [0.2, 0.25) is 5.78 Å². The molecule has 0 aliphatic heterocycles. The summed E-state index contributed by atoms with van der Waals surface area (Å²) < 4.78 is 10.8. The van der Waals surface area contributed by atoms with E-state index in [0.29, 0.717) is 22.5 Å².